The van der Waals surface area contributed by atoms with Gasteiger partial charge < -0.3 is 10.1 Å². The number of H-pyrrole nitrogens is 1. The summed E-state index contributed by atoms with van der Waals surface area (Å²) in [6, 6.07) is 3.39. The fraction of sp³-hybridized carbons (Fsp3) is 0. The van der Waals surface area contributed by atoms with Crippen LogP contribution in [0.2, 0.25) is 0 Å². The molecule has 0 saturated carbocycles. The zero-order valence-corrected chi connectivity index (χ0v) is 8.14. The number of carbonyl (C=O) groups is 1. The van der Waals surface area contributed by atoms with E-state index in [1.54, 1.807) is 30.7 Å². The topological polar surface area (TPSA) is 78.9 Å². The molecule has 0 saturated heterocycles. The van der Waals surface area contributed by atoms with Gasteiger partial charge in [-0.2, -0.15) is 0 Å². The van der Waals surface area contributed by atoms with E-state index < -0.39 is 5.97 Å². The number of aromatic carboxylic acids is 1. The number of nitrogens with one attached hydrogen (secondary N) is 1. The fourth-order valence-corrected chi connectivity index (χ4v) is 1.75. The minimum absolute atomic E-state index is 0.160. The predicted molar refractivity (Wildman–Crippen MR) is 58.4 cm³/mol. The van der Waals surface area contributed by atoms with Crippen LogP contribution in [0.15, 0.2) is 30.7 Å². The van der Waals surface area contributed by atoms with Crippen molar-refractivity contribution in [1.29, 1.82) is 0 Å². The van der Waals surface area contributed by atoms with Gasteiger partial charge in [-0.25, -0.2) is 4.79 Å². The molecule has 3 aromatic rings. The summed E-state index contributed by atoms with van der Waals surface area (Å²) in [5.74, 6) is -0.978. The molecular weight excluding hydrogens is 206 g/mol. The molecule has 3 aromatic heterocycles. The maximum atomic E-state index is 10.8. The van der Waals surface area contributed by atoms with Gasteiger partial charge in [-0.1, -0.05) is 0 Å². The van der Waals surface area contributed by atoms with E-state index in [2.05, 4.69) is 15.0 Å². The van der Waals surface area contributed by atoms with Gasteiger partial charge in [0.25, 0.3) is 0 Å². The molecule has 0 aromatic carbocycles. The second-order valence-corrected chi connectivity index (χ2v) is 3.47. The summed E-state index contributed by atoms with van der Waals surface area (Å²) in [6.45, 7) is 0. The summed E-state index contributed by atoms with van der Waals surface area (Å²) in [5.41, 5.74) is 1.67. The van der Waals surface area contributed by atoms with Gasteiger partial charge in [-0.3, -0.25) is 9.97 Å². The van der Waals surface area contributed by atoms with Gasteiger partial charge in [0.1, 0.15) is 5.69 Å². The third kappa shape index (κ3) is 1.15. The van der Waals surface area contributed by atoms with Crippen molar-refractivity contribution in [1.82, 2.24) is 15.0 Å². The molecule has 2 N–H and O–H groups in total. The van der Waals surface area contributed by atoms with Crippen molar-refractivity contribution in [3.05, 3.63) is 36.4 Å². The molecule has 0 fully saturated rings. The molecule has 16 heavy (non-hydrogen) atoms. The zero-order valence-electron chi connectivity index (χ0n) is 8.14. The number of pyridine rings is 2. The summed E-state index contributed by atoms with van der Waals surface area (Å²) in [4.78, 5) is 21.9. The lowest BCUT2D eigenvalue weighted by Crippen LogP contribution is -1.94. The zero-order chi connectivity index (χ0) is 11.1. The molecule has 3 rings (SSSR count). The number of hydrogen-bond donors (Lipinski definition) is 2. The van der Waals surface area contributed by atoms with Crippen molar-refractivity contribution in [2.24, 2.45) is 0 Å². The Morgan fingerprint density at radius 1 is 1.31 bits per heavy atom. The molecule has 0 aliphatic carbocycles. The second kappa shape index (κ2) is 3.03. The smallest absolute Gasteiger partial charge is 0.352 e. The minimum atomic E-state index is -0.978. The number of aromatic nitrogens is 3. The van der Waals surface area contributed by atoms with Gasteiger partial charge in [-0.05, 0) is 12.1 Å². The number of carboxylic acid groups (broad SMARTS) is 1. The molecular formula is C11H7N3O2. The maximum Gasteiger partial charge on any atom is 0.352 e. The van der Waals surface area contributed by atoms with Crippen molar-refractivity contribution < 1.29 is 9.90 Å². The number of hydrogen-bond acceptors (Lipinski definition) is 3. The van der Waals surface area contributed by atoms with E-state index in [-0.39, 0.29) is 5.69 Å². The average Bonchev–Trinajstić information content (AvgIpc) is 2.73. The van der Waals surface area contributed by atoms with Crippen molar-refractivity contribution in [3.8, 4) is 0 Å². The van der Waals surface area contributed by atoms with E-state index in [0.29, 0.717) is 5.52 Å². The van der Waals surface area contributed by atoms with Crippen molar-refractivity contribution in [2.45, 2.75) is 0 Å². The van der Waals surface area contributed by atoms with Crippen LogP contribution in [0.5, 0.6) is 0 Å². The number of carboxylic acids is 1. The van der Waals surface area contributed by atoms with Gasteiger partial charge in [0, 0.05) is 23.2 Å². The van der Waals surface area contributed by atoms with Crippen LogP contribution >= 0.6 is 0 Å². The van der Waals surface area contributed by atoms with Crippen LogP contribution in [0.1, 0.15) is 10.5 Å². The quantitative estimate of drug-likeness (QED) is 0.646. The predicted octanol–water partition coefficient (Wildman–Crippen LogP) is 1.81. The van der Waals surface area contributed by atoms with Crippen LogP contribution in [-0.4, -0.2) is 26.0 Å². The van der Waals surface area contributed by atoms with Crippen LogP contribution in [0, 0.1) is 0 Å². The molecule has 0 spiro atoms. The Morgan fingerprint density at radius 2 is 2.19 bits per heavy atom. The maximum absolute atomic E-state index is 10.8. The molecule has 3 heterocycles. The van der Waals surface area contributed by atoms with E-state index in [1.807, 2.05) is 0 Å². The van der Waals surface area contributed by atoms with E-state index in [9.17, 15) is 4.79 Å². The van der Waals surface area contributed by atoms with Crippen LogP contribution in [-0.2, 0) is 0 Å². The molecule has 0 aliphatic heterocycles. The highest BCUT2D eigenvalue weighted by Crippen LogP contribution is 2.23. The normalized spacial score (nSPS) is 11.0. The first-order chi connectivity index (χ1) is 7.75. The Labute approximate surface area is 89.8 Å². The summed E-state index contributed by atoms with van der Waals surface area (Å²) < 4.78 is 0. The van der Waals surface area contributed by atoms with E-state index in [4.69, 9.17) is 5.11 Å². The lowest BCUT2D eigenvalue weighted by Gasteiger charge is -1.96. The lowest BCUT2D eigenvalue weighted by atomic mass is 10.2. The monoisotopic (exact) mass is 213 g/mol. The molecule has 0 amide bonds. The van der Waals surface area contributed by atoms with Crippen LogP contribution < -0.4 is 0 Å². The standard InChI is InChI=1S/C11H7N3O2/c15-11(16)9-3-6-7-4-12-2-1-8(7)13-5-10(6)14-9/h1-5,14H,(H,15,16). The highest BCUT2D eigenvalue weighted by atomic mass is 16.4. The minimum Gasteiger partial charge on any atom is -0.477 e. The SMILES string of the molecule is O=C(O)c1cc2c(cnc3ccncc32)[nH]1. The Kier molecular flexibility index (Phi) is 1.67. The van der Waals surface area contributed by atoms with Gasteiger partial charge in [0.15, 0.2) is 0 Å². The largest absolute Gasteiger partial charge is 0.477 e. The number of aromatic amines is 1. The number of rotatable bonds is 1. The Morgan fingerprint density at radius 3 is 3.00 bits per heavy atom. The summed E-state index contributed by atoms with van der Waals surface area (Å²) in [6.07, 6.45) is 4.97. The summed E-state index contributed by atoms with van der Waals surface area (Å²) >= 11 is 0. The lowest BCUT2D eigenvalue weighted by molar-refractivity contribution is 0.0691. The molecule has 0 bridgehead atoms. The van der Waals surface area contributed by atoms with Gasteiger partial charge >= 0.3 is 5.97 Å². The number of fused-ring (bicyclic) bond motifs is 3. The molecule has 5 heteroatoms. The average molecular weight is 213 g/mol. The highest BCUT2D eigenvalue weighted by Gasteiger charge is 2.09. The summed E-state index contributed by atoms with van der Waals surface area (Å²) in [7, 11) is 0. The van der Waals surface area contributed by atoms with Crippen LogP contribution in [0.4, 0.5) is 0 Å². The highest BCUT2D eigenvalue weighted by molar-refractivity contribution is 6.06. The first-order valence-corrected chi connectivity index (χ1v) is 4.70. The fourth-order valence-electron chi connectivity index (χ4n) is 1.75. The third-order valence-corrected chi connectivity index (χ3v) is 2.50. The second-order valence-electron chi connectivity index (χ2n) is 3.47. The van der Waals surface area contributed by atoms with E-state index >= 15 is 0 Å². The summed E-state index contributed by atoms with van der Waals surface area (Å²) in [5, 5.41) is 10.6. The molecule has 0 unspecified atom stereocenters. The molecule has 5 nitrogen and oxygen atoms in total. The Hall–Kier alpha value is -2.43. The third-order valence-electron chi connectivity index (χ3n) is 2.50. The molecule has 0 aliphatic rings. The number of nitrogens with zero attached hydrogens (tertiary/aromatic N) is 2. The van der Waals surface area contributed by atoms with Crippen molar-refractivity contribution >= 4 is 27.8 Å². The Balaban J connectivity index is 2.46. The van der Waals surface area contributed by atoms with Gasteiger partial charge in [0.05, 0.1) is 17.2 Å². The molecule has 78 valence electrons. The molecule has 0 atom stereocenters. The first kappa shape index (κ1) is 8.84. The van der Waals surface area contributed by atoms with E-state index in [1.165, 1.54) is 0 Å². The first-order valence-electron chi connectivity index (χ1n) is 4.70. The van der Waals surface area contributed by atoms with Gasteiger partial charge in [0.2, 0.25) is 0 Å². The van der Waals surface area contributed by atoms with Crippen LogP contribution in [0.3, 0.4) is 0 Å². The van der Waals surface area contributed by atoms with Crippen LogP contribution in [0.25, 0.3) is 21.8 Å². The van der Waals surface area contributed by atoms with Gasteiger partial charge in [-0.15, -0.1) is 0 Å². The Bertz CT molecular complexity index is 703. The van der Waals surface area contributed by atoms with E-state index in [0.717, 1.165) is 16.3 Å². The van der Waals surface area contributed by atoms with Crippen molar-refractivity contribution in [3.63, 3.8) is 0 Å². The molecule has 0 radical (unpaired) electrons. The van der Waals surface area contributed by atoms with Crippen molar-refractivity contribution in [2.75, 3.05) is 0 Å².